The van der Waals surface area contributed by atoms with Gasteiger partial charge >= 0.3 is 0 Å². The number of aliphatic hydroxyl groups is 15. The maximum absolute atomic E-state index is 9.12. The van der Waals surface area contributed by atoms with Gasteiger partial charge in [0.15, 0.2) is 18.9 Å². The van der Waals surface area contributed by atoms with E-state index in [4.69, 9.17) is 76.6 Å². The van der Waals surface area contributed by atoms with Crippen LogP contribution in [0.25, 0.3) is 0 Å². The summed E-state index contributed by atoms with van der Waals surface area (Å²) >= 11 is 0. The Kier molecular flexibility index (Phi) is 13.9. The average Bonchev–Trinajstić information content (AvgIpc) is 2.87. The molecule has 3 aliphatic rings. The minimum atomic E-state index is -1.57. The third kappa shape index (κ3) is 8.14. The van der Waals surface area contributed by atoms with Gasteiger partial charge in [0, 0.05) is 0 Å². The van der Waals surface area contributed by atoms with E-state index < -0.39 is 112 Å². The Morgan fingerprint density at radius 3 is 0.667 bits per heavy atom. The Balaban J connectivity index is 0.000000270. The molecular weight excluding hydrogens is 504 g/mol. The SMILES string of the molecule is OCC1OC(O)C(O)[C@@H](O)[C@@H]1O.OCC1OC(O)C(O)[C@@H](O)[C@@H]1O.OCC1OC(O)C(O)[C@@H](O)[C@H]1O. The third-order valence-corrected chi connectivity index (χ3v) is 5.60. The van der Waals surface area contributed by atoms with Gasteiger partial charge in [0.05, 0.1) is 19.8 Å². The molecule has 0 amide bonds. The number of aliphatic hydroxyl groups excluding tert-OH is 15. The zero-order valence-corrected chi connectivity index (χ0v) is 18.7. The lowest BCUT2D eigenvalue weighted by atomic mass is 10.00. The minimum Gasteiger partial charge on any atom is -0.394 e. The molecule has 15 atom stereocenters. The van der Waals surface area contributed by atoms with Gasteiger partial charge in [0.25, 0.3) is 0 Å². The first kappa shape index (κ1) is 33.3. The van der Waals surface area contributed by atoms with Crippen molar-refractivity contribution in [2.75, 3.05) is 19.8 Å². The summed E-state index contributed by atoms with van der Waals surface area (Å²) in [6.07, 6.45) is -21.1. The predicted molar refractivity (Wildman–Crippen MR) is 108 cm³/mol. The molecule has 0 spiro atoms. The van der Waals surface area contributed by atoms with Crippen LogP contribution in [0.2, 0.25) is 0 Å². The van der Waals surface area contributed by atoms with Crippen LogP contribution in [-0.4, -0.2) is 189 Å². The molecule has 18 nitrogen and oxygen atoms in total. The van der Waals surface area contributed by atoms with Crippen LogP contribution in [-0.2, 0) is 14.2 Å². The maximum Gasteiger partial charge on any atom is 0.184 e. The second-order valence-corrected chi connectivity index (χ2v) is 8.16. The van der Waals surface area contributed by atoms with Gasteiger partial charge in [-0.15, -0.1) is 0 Å². The summed E-state index contributed by atoms with van der Waals surface area (Å²) in [7, 11) is 0. The Labute approximate surface area is 203 Å². The highest BCUT2D eigenvalue weighted by Crippen LogP contribution is 2.20. The standard InChI is InChI=1S/3C6H12O6/c3*7-1-2-3(8)4(9)5(10)6(11)12-2/h3*2-11H,1H2/t2*2?,3-,4+,5?,6?;2?,3-,4-,5?,6?/m110/s1. The van der Waals surface area contributed by atoms with Crippen LogP contribution in [0.3, 0.4) is 0 Å². The normalized spacial score (nSPS) is 49.2. The molecule has 3 rings (SSSR count). The topological polar surface area (TPSA) is 331 Å². The zero-order chi connectivity index (χ0) is 27.9. The Bertz CT molecular complexity index is 519. The molecule has 15 N–H and O–H groups in total. The second-order valence-electron chi connectivity index (χ2n) is 8.16. The van der Waals surface area contributed by atoms with Crippen LogP contribution < -0.4 is 0 Å². The van der Waals surface area contributed by atoms with E-state index in [-0.39, 0.29) is 0 Å². The molecule has 3 saturated heterocycles. The van der Waals surface area contributed by atoms with Crippen LogP contribution in [0.4, 0.5) is 0 Å². The molecule has 0 bridgehead atoms. The molecule has 36 heavy (non-hydrogen) atoms. The van der Waals surface area contributed by atoms with Crippen molar-refractivity contribution in [2.45, 2.75) is 92.1 Å². The first-order valence-corrected chi connectivity index (χ1v) is 10.7. The summed E-state index contributed by atoms with van der Waals surface area (Å²) in [5.74, 6) is 0. The number of ether oxygens (including phenoxy) is 3. The van der Waals surface area contributed by atoms with Crippen molar-refractivity contribution in [3.63, 3.8) is 0 Å². The van der Waals surface area contributed by atoms with Gasteiger partial charge in [-0.2, -0.15) is 0 Å². The molecule has 0 aliphatic carbocycles. The molecule has 3 aliphatic heterocycles. The first-order chi connectivity index (χ1) is 16.7. The van der Waals surface area contributed by atoms with Crippen LogP contribution in [0.5, 0.6) is 0 Å². The number of hydrogen-bond acceptors (Lipinski definition) is 18. The summed E-state index contributed by atoms with van der Waals surface area (Å²) < 4.78 is 13.7. The third-order valence-electron chi connectivity index (χ3n) is 5.60. The fourth-order valence-corrected chi connectivity index (χ4v) is 3.25. The van der Waals surface area contributed by atoms with Crippen molar-refractivity contribution in [3.8, 4) is 0 Å². The van der Waals surface area contributed by atoms with Crippen molar-refractivity contribution < 1.29 is 90.8 Å². The Morgan fingerprint density at radius 1 is 0.306 bits per heavy atom. The fourth-order valence-electron chi connectivity index (χ4n) is 3.25. The monoisotopic (exact) mass is 540 g/mol. The Hall–Kier alpha value is -0.720. The lowest BCUT2D eigenvalue weighted by molar-refractivity contribution is -0.286. The smallest absolute Gasteiger partial charge is 0.184 e. The first-order valence-electron chi connectivity index (χ1n) is 10.7. The van der Waals surface area contributed by atoms with E-state index in [2.05, 4.69) is 14.2 Å². The van der Waals surface area contributed by atoms with Gasteiger partial charge in [-0.25, -0.2) is 0 Å². The van der Waals surface area contributed by atoms with Gasteiger partial charge in [0.1, 0.15) is 73.2 Å². The van der Waals surface area contributed by atoms with Crippen molar-refractivity contribution >= 4 is 0 Å². The average molecular weight is 540 g/mol. The lowest BCUT2D eigenvalue weighted by Gasteiger charge is -2.37. The number of hydrogen-bond donors (Lipinski definition) is 15. The van der Waals surface area contributed by atoms with Crippen LogP contribution >= 0.6 is 0 Å². The van der Waals surface area contributed by atoms with Gasteiger partial charge in [0.2, 0.25) is 0 Å². The lowest BCUT2D eigenvalue weighted by Crippen LogP contribution is -2.58. The van der Waals surface area contributed by atoms with E-state index in [1.165, 1.54) is 0 Å². The zero-order valence-electron chi connectivity index (χ0n) is 18.7. The van der Waals surface area contributed by atoms with Crippen LogP contribution in [0, 0.1) is 0 Å². The summed E-state index contributed by atoms with van der Waals surface area (Å²) in [4.78, 5) is 0. The molecule has 9 unspecified atom stereocenters. The fraction of sp³-hybridized carbons (Fsp3) is 1.00. The molecule has 0 aromatic rings. The quantitative estimate of drug-likeness (QED) is 0.158. The van der Waals surface area contributed by atoms with Crippen LogP contribution in [0.1, 0.15) is 0 Å². The largest absolute Gasteiger partial charge is 0.394 e. The summed E-state index contributed by atoms with van der Waals surface area (Å²) in [5.41, 5.74) is 0. The van der Waals surface area contributed by atoms with Crippen molar-refractivity contribution in [3.05, 3.63) is 0 Å². The van der Waals surface area contributed by atoms with E-state index in [1.54, 1.807) is 0 Å². The van der Waals surface area contributed by atoms with E-state index in [1.807, 2.05) is 0 Å². The highest BCUT2D eigenvalue weighted by molar-refractivity contribution is 4.89. The van der Waals surface area contributed by atoms with Crippen molar-refractivity contribution in [1.29, 1.82) is 0 Å². The predicted octanol–water partition coefficient (Wildman–Crippen LogP) is -9.66. The molecule has 0 saturated carbocycles. The molecule has 0 aromatic carbocycles. The molecule has 3 fully saturated rings. The summed E-state index contributed by atoms with van der Waals surface area (Å²) in [5, 5.41) is 134. The molecule has 216 valence electrons. The van der Waals surface area contributed by atoms with Crippen molar-refractivity contribution in [1.82, 2.24) is 0 Å². The molecular formula is C18H36O18. The van der Waals surface area contributed by atoms with Gasteiger partial charge in [-0.3, -0.25) is 0 Å². The molecule has 0 aromatic heterocycles. The van der Waals surface area contributed by atoms with Gasteiger partial charge in [-0.1, -0.05) is 0 Å². The highest BCUT2D eigenvalue weighted by Gasteiger charge is 2.44. The van der Waals surface area contributed by atoms with E-state index >= 15 is 0 Å². The minimum absolute atomic E-state index is 0.526. The molecule has 18 heteroatoms. The van der Waals surface area contributed by atoms with Gasteiger partial charge < -0.3 is 90.8 Å². The van der Waals surface area contributed by atoms with Crippen molar-refractivity contribution in [2.24, 2.45) is 0 Å². The van der Waals surface area contributed by atoms with E-state index in [0.717, 1.165) is 0 Å². The second kappa shape index (κ2) is 15.0. The maximum atomic E-state index is 9.12. The number of rotatable bonds is 3. The summed E-state index contributed by atoms with van der Waals surface area (Å²) in [6, 6.07) is 0. The van der Waals surface area contributed by atoms with E-state index in [9.17, 15) is 0 Å². The van der Waals surface area contributed by atoms with Gasteiger partial charge in [-0.05, 0) is 0 Å². The highest BCUT2D eigenvalue weighted by atomic mass is 16.7. The van der Waals surface area contributed by atoms with E-state index in [0.29, 0.717) is 0 Å². The van der Waals surface area contributed by atoms with Crippen LogP contribution in [0.15, 0.2) is 0 Å². The Morgan fingerprint density at radius 2 is 0.500 bits per heavy atom. The molecule has 0 radical (unpaired) electrons. The molecule has 3 heterocycles. The summed E-state index contributed by atoms with van der Waals surface area (Å²) in [6.45, 7) is -1.58.